The maximum atomic E-state index is 13.6. The minimum Gasteiger partial charge on any atom is -0.477 e. The molecule has 0 amide bonds. The summed E-state index contributed by atoms with van der Waals surface area (Å²) in [6.45, 7) is 3.61. The molecule has 2 aromatic heterocycles. The molecule has 0 fully saturated rings. The second-order valence-electron chi connectivity index (χ2n) is 9.80. The van der Waals surface area contributed by atoms with Crippen molar-refractivity contribution in [3.63, 3.8) is 0 Å². The molecule has 0 aliphatic carbocycles. The molecule has 41 heavy (non-hydrogen) atoms. The van der Waals surface area contributed by atoms with Gasteiger partial charge in [-0.2, -0.15) is 27.8 Å². The molecule has 0 radical (unpaired) electrons. The summed E-state index contributed by atoms with van der Waals surface area (Å²) in [6.07, 6.45) is -2.50. The predicted molar refractivity (Wildman–Crippen MR) is 152 cm³/mol. The highest BCUT2D eigenvalue weighted by Gasteiger charge is 2.34. The maximum absolute atomic E-state index is 13.6. The highest BCUT2D eigenvalue weighted by molar-refractivity contribution is 6.32. The Morgan fingerprint density at radius 1 is 0.951 bits per heavy atom. The van der Waals surface area contributed by atoms with Crippen LogP contribution in [0.2, 0.25) is 5.02 Å². The van der Waals surface area contributed by atoms with Crippen molar-refractivity contribution in [3.8, 4) is 5.88 Å². The van der Waals surface area contributed by atoms with Crippen molar-refractivity contribution in [2.75, 3.05) is 19.7 Å². The molecule has 10 heteroatoms. The highest BCUT2D eigenvalue weighted by Crippen LogP contribution is 2.37. The smallest absolute Gasteiger partial charge is 0.417 e. The van der Waals surface area contributed by atoms with Crippen molar-refractivity contribution in [2.24, 2.45) is 0 Å². The number of benzene rings is 3. The predicted octanol–water partition coefficient (Wildman–Crippen LogP) is 7.21. The fourth-order valence-corrected chi connectivity index (χ4v) is 5.19. The summed E-state index contributed by atoms with van der Waals surface area (Å²) in [5, 5.41) is 3.91. The lowest BCUT2D eigenvalue weighted by molar-refractivity contribution is -0.137. The van der Waals surface area contributed by atoms with E-state index in [0.717, 1.165) is 22.9 Å². The van der Waals surface area contributed by atoms with Gasteiger partial charge in [0.25, 0.3) is 5.78 Å². The third-order valence-corrected chi connectivity index (χ3v) is 7.28. The lowest BCUT2D eigenvalue weighted by atomic mass is 9.90. The van der Waals surface area contributed by atoms with Gasteiger partial charge in [-0.1, -0.05) is 84.4 Å². The monoisotopic (exact) mass is 579 g/mol. The van der Waals surface area contributed by atoms with Crippen molar-refractivity contribution >= 4 is 17.4 Å². The lowest BCUT2D eigenvalue weighted by Gasteiger charge is -2.29. The molecule has 0 saturated carbocycles. The van der Waals surface area contributed by atoms with Gasteiger partial charge >= 0.3 is 6.18 Å². The summed E-state index contributed by atoms with van der Waals surface area (Å²) in [5.41, 5.74) is 2.60. The van der Waals surface area contributed by atoms with Gasteiger partial charge in [0.05, 0.1) is 17.2 Å². The van der Waals surface area contributed by atoms with Crippen molar-refractivity contribution in [2.45, 2.75) is 32.0 Å². The highest BCUT2D eigenvalue weighted by atomic mass is 35.5. The zero-order valence-corrected chi connectivity index (χ0v) is 23.2. The molecule has 0 spiro atoms. The van der Waals surface area contributed by atoms with Crippen LogP contribution in [0.15, 0.2) is 91.3 Å². The Kier molecular flexibility index (Phi) is 8.85. The van der Waals surface area contributed by atoms with Crippen molar-refractivity contribution in [1.29, 1.82) is 0 Å². The summed E-state index contributed by atoms with van der Waals surface area (Å²) in [7, 11) is 0. The summed E-state index contributed by atoms with van der Waals surface area (Å²) in [5.74, 6) is 0.985. The topological polar surface area (TPSA) is 55.6 Å². The van der Waals surface area contributed by atoms with Gasteiger partial charge in [-0.3, -0.25) is 4.90 Å². The van der Waals surface area contributed by atoms with Crippen LogP contribution in [0.4, 0.5) is 13.2 Å². The van der Waals surface area contributed by atoms with E-state index in [2.05, 4.69) is 44.2 Å². The zero-order valence-electron chi connectivity index (χ0n) is 22.4. The van der Waals surface area contributed by atoms with E-state index in [1.54, 1.807) is 12.1 Å². The molecule has 5 aromatic rings. The number of alkyl halides is 3. The molecule has 0 unspecified atom stereocenters. The van der Waals surface area contributed by atoms with Crippen LogP contribution < -0.4 is 4.74 Å². The maximum Gasteiger partial charge on any atom is 0.417 e. The average Bonchev–Trinajstić information content (AvgIpc) is 3.43. The zero-order chi connectivity index (χ0) is 28.8. The molecular weight excluding hydrogens is 551 g/mol. The van der Waals surface area contributed by atoms with Gasteiger partial charge in [0, 0.05) is 37.3 Å². The molecule has 0 atom stereocenters. The van der Waals surface area contributed by atoms with E-state index in [4.69, 9.17) is 16.3 Å². The van der Waals surface area contributed by atoms with Crippen LogP contribution in [-0.4, -0.2) is 44.2 Å². The molecule has 0 aliphatic rings. The molecule has 0 bridgehead atoms. The van der Waals surface area contributed by atoms with Gasteiger partial charge in [0.15, 0.2) is 0 Å². The molecule has 0 aliphatic heterocycles. The van der Waals surface area contributed by atoms with E-state index in [1.165, 1.54) is 16.9 Å². The first-order valence-corrected chi connectivity index (χ1v) is 13.6. The van der Waals surface area contributed by atoms with E-state index >= 15 is 0 Å². The Bertz CT molecular complexity index is 1540. The van der Waals surface area contributed by atoms with E-state index in [1.807, 2.05) is 43.3 Å². The Labute approximate surface area is 241 Å². The Hall–Kier alpha value is -3.95. The minimum absolute atomic E-state index is 0.000475. The van der Waals surface area contributed by atoms with Gasteiger partial charge in [0.2, 0.25) is 5.88 Å². The molecule has 212 valence electrons. The normalized spacial score (nSPS) is 12.0. The van der Waals surface area contributed by atoms with Gasteiger partial charge in [-0.15, -0.1) is 0 Å². The third-order valence-electron chi connectivity index (χ3n) is 6.84. The SMILES string of the molecule is Cc1cc(OCCCN(Cc2cccc(C(F)(F)F)c2Cl)CC(c2ccccc2)c2ccccc2)n2ncnc2n1. The number of halogens is 4. The summed E-state index contributed by atoms with van der Waals surface area (Å²) in [6, 6.07) is 26.1. The molecule has 3 aromatic carbocycles. The van der Waals surface area contributed by atoms with Gasteiger partial charge in [0.1, 0.15) is 6.33 Å². The third kappa shape index (κ3) is 7.04. The molecule has 5 rings (SSSR count). The van der Waals surface area contributed by atoms with Crippen LogP contribution >= 0.6 is 11.6 Å². The first kappa shape index (κ1) is 28.6. The van der Waals surface area contributed by atoms with E-state index in [-0.39, 0.29) is 17.5 Å². The molecule has 0 N–H and O–H groups in total. The molecule has 6 nitrogen and oxygen atoms in total. The second kappa shape index (κ2) is 12.7. The van der Waals surface area contributed by atoms with Crippen molar-refractivity contribution in [1.82, 2.24) is 24.5 Å². The number of aryl methyl sites for hydroxylation is 1. The van der Waals surface area contributed by atoms with Crippen LogP contribution in [-0.2, 0) is 12.7 Å². The number of ether oxygens (including phenoxy) is 1. The largest absolute Gasteiger partial charge is 0.477 e. The standard InChI is InChI=1S/C31H29ClF3N5O/c1-22-18-28(40-30(38-22)36-21-37-40)41-17-9-16-39(19-25-14-8-15-27(29(25)32)31(33,34)35)20-26(23-10-4-2-5-11-23)24-12-6-3-7-13-24/h2-8,10-15,18,21,26H,9,16-17,19-20H2,1H3. The van der Waals surface area contributed by atoms with Crippen LogP contribution in [0.5, 0.6) is 5.88 Å². The summed E-state index contributed by atoms with van der Waals surface area (Å²) < 4.78 is 48.4. The number of hydrogen-bond donors (Lipinski definition) is 0. The Balaban J connectivity index is 1.38. The summed E-state index contributed by atoms with van der Waals surface area (Å²) >= 11 is 6.32. The number of nitrogens with zero attached hydrogens (tertiary/aromatic N) is 5. The van der Waals surface area contributed by atoms with E-state index in [0.29, 0.717) is 43.3 Å². The first-order valence-electron chi connectivity index (χ1n) is 13.3. The fourth-order valence-electron chi connectivity index (χ4n) is 4.89. The average molecular weight is 580 g/mol. The number of rotatable bonds is 11. The van der Waals surface area contributed by atoms with Gasteiger partial charge in [-0.05, 0) is 36.1 Å². The lowest BCUT2D eigenvalue weighted by Crippen LogP contribution is -2.31. The minimum atomic E-state index is -4.53. The van der Waals surface area contributed by atoms with Crippen LogP contribution in [0.3, 0.4) is 0 Å². The number of fused-ring (bicyclic) bond motifs is 1. The van der Waals surface area contributed by atoms with Crippen molar-refractivity contribution < 1.29 is 17.9 Å². The van der Waals surface area contributed by atoms with Crippen LogP contribution in [0.25, 0.3) is 5.78 Å². The number of hydrogen-bond acceptors (Lipinski definition) is 5. The van der Waals surface area contributed by atoms with E-state index in [9.17, 15) is 13.2 Å². The first-order chi connectivity index (χ1) is 19.8. The van der Waals surface area contributed by atoms with Gasteiger partial charge < -0.3 is 4.74 Å². The fraction of sp³-hybridized carbons (Fsp3) is 0.258. The van der Waals surface area contributed by atoms with Crippen molar-refractivity contribution in [3.05, 3.63) is 124 Å². The molecule has 0 saturated heterocycles. The van der Waals surface area contributed by atoms with Gasteiger partial charge in [-0.25, -0.2) is 4.98 Å². The summed E-state index contributed by atoms with van der Waals surface area (Å²) in [4.78, 5) is 10.6. The Morgan fingerprint density at radius 3 is 2.29 bits per heavy atom. The van der Waals surface area contributed by atoms with Crippen LogP contribution in [0.1, 0.15) is 40.3 Å². The number of aromatic nitrogens is 4. The Morgan fingerprint density at radius 2 is 1.63 bits per heavy atom. The molecular formula is C31H29ClF3N5O. The quantitative estimate of drug-likeness (QED) is 0.155. The molecule has 2 heterocycles. The second-order valence-corrected chi connectivity index (χ2v) is 10.2. The van der Waals surface area contributed by atoms with Crippen LogP contribution in [0, 0.1) is 6.92 Å². The van der Waals surface area contributed by atoms with E-state index < -0.39 is 11.7 Å².